The molecule has 1 N–H and O–H groups in total. The van der Waals surface area contributed by atoms with Crippen molar-refractivity contribution in [3.05, 3.63) is 53.3 Å². The maximum absolute atomic E-state index is 13.4. The van der Waals surface area contributed by atoms with E-state index < -0.39 is 33.4 Å². The van der Waals surface area contributed by atoms with Crippen molar-refractivity contribution < 1.29 is 26.4 Å². The van der Waals surface area contributed by atoms with Crippen LogP contribution < -0.4 is 10.2 Å². The topological polar surface area (TPSA) is 69.7 Å². The zero-order valence-electron chi connectivity index (χ0n) is 16.2. The highest BCUT2D eigenvalue weighted by atomic mass is 32.2. The van der Waals surface area contributed by atoms with E-state index >= 15 is 0 Å². The summed E-state index contributed by atoms with van der Waals surface area (Å²) in [5.74, 6) is -5.27. The molecule has 1 saturated heterocycles. The lowest BCUT2D eigenvalue weighted by atomic mass is 10.0. The van der Waals surface area contributed by atoms with Crippen LogP contribution in [-0.4, -0.2) is 44.8 Å². The lowest BCUT2D eigenvalue weighted by molar-refractivity contribution is 0.102. The number of nitrogens with zero attached hydrogens (tertiary/aromatic N) is 2. The minimum absolute atomic E-state index is 0.00586. The fraction of sp³-hybridized carbons (Fsp3) is 0.350. The zero-order valence-corrected chi connectivity index (χ0v) is 17.0. The Morgan fingerprint density at radius 2 is 1.80 bits per heavy atom. The first-order valence-electron chi connectivity index (χ1n) is 9.51. The Bertz CT molecular complexity index is 1100. The van der Waals surface area contributed by atoms with Crippen molar-refractivity contribution in [3.8, 4) is 0 Å². The second-order valence-corrected chi connectivity index (χ2v) is 9.40. The van der Waals surface area contributed by atoms with Crippen molar-refractivity contribution >= 4 is 27.3 Å². The average molecular weight is 439 g/mol. The molecule has 0 saturated carbocycles. The summed E-state index contributed by atoms with van der Waals surface area (Å²) >= 11 is 0. The summed E-state index contributed by atoms with van der Waals surface area (Å²) in [6, 6.07) is 5.44. The van der Waals surface area contributed by atoms with Crippen LogP contribution >= 0.6 is 0 Å². The number of benzene rings is 2. The van der Waals surface area contributed by atoms with Crippen molar-refractivity contribution in [3.63, 3.8) is 0 Å². The summed E-state index contributed by atoms with van der Waals surface area (Å²) in [5, 5.41) is 2.28. The van der Waals surface area contributed by atoms with Gasteiger partial charge in [-0.15, -0.1) is 0 Å². The van der Waals surface area contributed by atoms with Crippen LogP contribution in [0.2, 0.25) is 0 Å². The van der Waals surface area contributed by atoms with E-state index in [1.165, 1.54) is 16.4 Å². The smallest absolute Gasteiger partial charge is 0.255 e. The number of likely N-dealkylation sites (N-methyl/N-ethyl adjacent to an activating group) is 1. The first-order valence-corrected chi connectivity index (χ1v) is 11.0. The molecule has 2 aromatic rings. The molecule has 2 aliphatic heterocycles. The van der Waals surface area contributed by atoms with Crippen molar-refractivity contribution in [1.82, 2.24) is 4.31 Å². The number of hydrogen-bond acceptors (Lipinski definition) is 4. The Morgan fingerprint density at radius 1 is 1.10 bits per heavy atom. The predicted octanol–water partition coefficient (Wildman–Crippen LogP) is 3.35. The molecule has 6 nitrogen and oxygen atoms in total. The number of piperidine rings is 1. The first-order chi connectivity index (χ1) is 14.2. The standard InChI is InChI=1S/C20H20F3N3O3S/c1-25-11-14-4-2-3-7-26(14)30(28,29)18-8-12(5-6-17(18)25)20(27)24-13-9-15(21)19(23)16(22)10-13/h5-6,8-10,14H,2-4,7,11H2,1H3,(H,24,27). The minimum atomic E-state index is -3.82. The number of carbonyl (C=O) groups excluding carboxylic acids is 1. The molecule has 30 heavy (non-hydrogen) atoms. The van der Waals surface area contributed by atoms with Crippen LogP contribution in [-0.2, 0) is 10.0 Å². The van der Waals surface area contributed by atoms with E-state index in [9.17, 15) is 26.4 Å². The summed E-state index contributed by atoms with van der Waals surface area (Å²) in [6.07, 6.45) is 2.50. The van der Waals surface area contributed by atoms with E-state index in [2.05, 4.69) is 5.32 Å². The molecule has 10 heteroatoms. The van der Waals surface area contributed by atoms with Crippen molar-refractivity contribution in [2.75, 3.05) is 30.4 Å². The van der Waals surface area contributed by atoms with Gasteiger partial charge in [-0.2, -0.15) is 4.31 Å². The number of rotatable bonds is 2. The lowest BCUT2D eigenvalue weighted by Crippen LogP contribution is -2.46. The number of sulfonamides is 1. The van der Waals surface area contributed by atoms with Gasteiger partial charge in [0.2, 0.25) is 10.0 Å². The number of hydrogen-bond donors (Lipinski definition) is 1. The monoisotopic (exact) mass is 439 g/mol. The molecule has 0 bridgehead atoms. The van der Waals surface area contributed by atoms with Gasteiger partial charge in [-0.3, -0.25) is 4.79 Å². The molecule has 1 unspecified atom stereocenters. The molecule has 2 heterocycles. The summed E-state index contributed by atoms with van der Waals surface area (Å²) in [7, 11) is -2.02. The largest absolute Gasteiger partial charge is 0.372 e. The van der Waals surface area contributed by atoms with Gasteiger partial charge in [0.25, 0.3) is 5.91 Å². The molecular weight excluding hydrogens is 419 g/mol. The second kappa shape index (κ2) is 7.59. The van der Waals surface area contributed by atoms with E-state index in [-0.39, 0.29) is 22.2 Å². The van der Waals surface area contributed by atoms with Gasteiger partial charge in [-0.1, -0.05) is 6.42 Å². The Hall–Kier alpha value is -2.59. The highest BCUT2D eigenvalue weighted by molar-refractivity contribution is 7.89. The number of nitrogens with one attached hydrogen (secondary N) is 1. The van der Waals surface area contributed by atoms with Gasteiger partial charge in [-0.25, -0.2) is 21.6 Å². The van der Waals surface area contributed by atoms with Crippen LogP contribution in [0.4, 0.5) is 24.5 Å². The van der Waals surface area contributed by atoms with Crippen molar-refractivity contribution in [2.24, 2.45) is 0 Å². The lowest BCUT2D eigenvalue weighted by Gasteiger charge is -2.33. The Balaban J connectivity index is 1.70. The molecule has 2 aliphatic rings. The van der Waals surface area contributed by atoms with Gasteiger partial charge in [0.05, 0.1) is 5.69 Å². The van der Waals surface area contributed by atoms with Crippen LogP contribution in [0.15, 0.2) is 35.2 Å². The van der Waals surface area contributed by atoms with Crippen LogP contribution in [0.3, 0.4) is 0 Å². The quantitative estimate of drug-likeness (QED) is 0.729. The van der Waals surface area contributed by atoms with Gasteiger partial charge in [0.15, 0.2) is 17.5 Å². The number of halogens is 3. The highest BCUT2D eigenvalue weighted by Gasteiger charge is 2.39. The van der Waals surface area contributed by atoms with Crippen LogP contribution in [0.5, 0.6) is 0 Å². The van der Waals surface area contributed by atoms with E-state index in [0.29, 0.717) is 30.9 Å². The molecule has 160 valence electrons. The van der Waals surface area contributed by atoms with Crippen LogP contribution in [0, 0.1) is 17.5 Å². The molecule has 0 radical (unpaired) electrons. The van der Waals surface area contributed by atoms with Crippen molar-refractivity contribution in [2.45, 2.75) is 30.2 Å². The molecular formula is C20H20F3N3O3S. The molecule has 1 amide bonds. The molecule has 0 aromatic heterocycles. The van der Waals surface area contributed by atoms with Gasteiger partial charge >= 0.3 is 0 Å². The zero-order chi connectivity index (χ0) is 21.6. The highest BCUT2D eigenvalue weighted by Crippen LogP contribution is 2.36. The fourth-order valence-electron chi connectivity index (χ4n) is 4.02. The third-order valence-electron chi connectivity index (χ3n) is 5.52. The van der Waals surface area contributed by atoms with E-state index in [0.717, 1.165) is 19.3 Å². The van der Waals surface area contributed by atoms with Crippen LogP contribution in [0.1, 0.15) is 29.6 Å². The molecule has 2 aromatic carbocycles. The summed E-state index contributed by atoms with van der Waals surface area (Å²) in [4.78, 5) is 14.5. The molecule has 4 rings (SSSR count). The Labute approximate surface area is 172 Å². The Morgan fingerprint density at radius 3 is 2.50 bits per heavy atom. The molecule has 0 spiro atoms. The summed E-state index contributed by atoms with van der Waals surface area (Å²) < 4.78 is 68.0. The third-order valence-corrected chi connectivity index (χ3v) is 7.50. The van der Waals surface area contributed by atoms with Gasteiger partial charge in [0, 0.05) is 49.6 Å². The van der Waals surface area contributed by atoms with E-state index in [1.807, 2.05) is 4.90 Å². The summed E-state index contributed by atoms with van der Waals surface area (Å²) in [5.41, 5.74) is 0.216. The minimum Gasteiger partial charge on any atom is -0.372 e. The predicted molar refractivity (Wildman–Crippen MR) is 106 cm³/mol. The SMILES string of the molecule is CN1CC2CCCCN2S(=O)(=O)c2cc(C(=O)Nc3cc(F)c(F)c(F)c3)ccc21. The van der Waals surface area contributed by atoms with E-state index in [1.54, 1.807) is 13.1 Å². The van der Waals surface area contributed by atoms with Gasteiger partial charge < -0.3 is 10.2 Å². The van der Waals surface area contributed by atoms with Gasteiger partial charge in [0.1, 0.15) is 4.90 Å². The Kier molecular flexibility index (Phi) is 5.23. The first kappa shape index (κ1) is 20.7. The second-order valence-electron chi connectivity index (χ2n) is 7.54. The number of amides is 1. The van der Waals surface area contributed by atoms with Crippen LogP contribution in [0.25, 0.3) is 0 Å². The normalized spacial score (nSPS) is 20.8. The maximum atomic E-state index is 13.4. The number of fused-ring (bicyclic) bond motifs is 2. The number of anilines is 2. The van der Waals surface area contributed by atoms with E-state index in [4.69, 9.17) is 0 Å². The average Bonchev–Trinajstić information content (AvgIpc) is 2.79. The molecule has 0 aliphatic carbocycles. The van der Waals surface area contributed by atoms with Crippen molar-refractivity contribution in [1.29, 1.82) is 0 Å². The van der Waals surface area contributed by atoms with Gasteiger partial charge in [-0.05, 0) is 31.0 Å². The molecule has 1 fully saturated rings. The summed E-state index contributed by atoms with van der Waals surface area (Å²) in [6.45, 7) is 0.969. The molecule has 1 atom stereocenters. The number of carbonyl (C=O) groups is 1. The maximum Gasteiger partial charge on any atom is 0.255 e. The third kappa shape index (κ3) is 3.54. The fourth-order valence-corrected chi connectivity index (χ4v) is 5.97.